The lowest BCUT2D eigenvalue weighted by Gasteiger charge is -2.06. The first-order chi connectivity index (χ1) is 12.1. The highest BCUT2D eigenvalue weighted by Gasteiger charge is 2.18. The SMILES string of the molecule is COCCNC(=O)c1[nH]c2cc(C)ccc2c1Sc1ccc(Cl)cc1. The highest BCUT2D eigenvalue weighted by molar-refractivity contribution is 7.99. The molecule has 2 N–H and O–H groups in total. The van der Waals surface area contributed by atoms with Gasteiger partial charge in [-0.05, 0) is 42.8 Å². The van der Waals surface area contributed by atoms with Gasteiger partial charge in [0.2, 0.25) is 0 Å². The number of nitrogens with one attached hydrogen (secondary N) is 2. The van der Waals surface area contributed by atoms with Crippen molar-refractivity contribution in [3.05, 3.63) is 58.7 Å². The van der Waals surface area contributed by atoms with Crippen LogP contribution in [0, 0.1) is 6.92 Å². The maximum atomic E-state index is 12.6. The van der Waals surface area contributed by atoms with Gasteiger partial charge in [-0.2, -0.15) is 0 Å². The van der Waals surface area contributed by atoms with Crippen LogP contribution in [-0.2, 0) is 4.74 Å². The monoisotopic (exact) mass is 374 g/mol. The summed E-state index contributed by atoms with van der Waals surface area (Å²) < 4.78 is 5.00. The minimum atomic E-state index is -0.137. The number of benzene rings is 2. The molecule has 0 aliphatic rings. The van der Waals surface area contributed by atoms with Gasteiger partial charge in [-0.25, -0.2) is 0 Å². The number of amides is 1. The van der Waals surface area contributed by atoms with E-state index in [1.807, 2.05) is 43.3 Å². The third-order valence-corrected chi connectivity index (χ3v) is 5.15. The van der Waals surface area contributed by atoms with Crippen molar-refractivity contribution in [2.45, 2.75) is 16.7 Å². The van der Waals surface area contributed by atoms with Gasteiger partial charge in [-0.15, -0.1) is 0 Å². The number of carbonyl (C=O) groups excluding carboxylic acids is 1. The molecule has 0 aliphatic carbocycles. The second-order valence-corrected chi connectivity index (χ2v) is 7.20. The van der Waals surface area contributed by atoms with E-state index in [2.05, 4.69) is 16.4 Å². The predicted octanol–water partition coefficient (Wildman–Crippen LogP) is 4.66. The average Bonchev–Trinajstić information content (AvgIpc) is 2.94. The standard InChI is InChI=1S/C19H19ClN2O2S/c1-12-3-8-15-16(11-12)22-17(19(23)21-9-10-24-2)18(15)25-14-6-4-13(20)5-7-14/h3-8,11,22H,9-10H2,1-2H3,(H,21,23). The maximum Gasteiger partial charge on any atom is 0.268 e. The van der Waals surface area contributed by atoms with Crippen molar-refractivity contribution in [2.24, 2.45) is 0 Å². The summed E-state index contributed by atoms with van der Waals surface area (Å²) in [5, 5.41) is 4.60. The topological polar surface area (TPSA) is 54.1 Å². The fourth-order valence-electron chi connectivity index (χ4n) is 2.53. The molecule has 0 unspecified atom stereocenters. The lowest BCUT2D eigenvalue weighted by molar-refractivity contribution is 0.0930. The summed E-state index contributed by atoms with van der Waals surface area (Å²) in [5.74, 6) is -0.137. The summed E-state index contributed by atoms with van der Waals surface area (Å²) in [6, 6.07) is 13.7. The molecule has 2 aromatic carbocycles. The Morgan fingerprint density at radius 3 is 2.72 bits per heavy atom. The van der Waals surface area contributed by atoms with Gasteiger partial charge in [0, 0.05) is 34.5 Å². The van der Waals surface area contributed by atoms with Crippen molar-refractivity contribution in [3.8, 4) is 0 Å². The zero-order chi connectivity index (χ0) is 17.8. The van der Waals surface area contributed by atoms with Crippen LogP contribution < -0.4 is 5.32 Å². The van der Waals surface area contributed by atoms with Crippen LogP contribution in [0.15, 0.2) is 52.3 Å². The van der Waals surface area contributed by atoms with Gasteiger partial charge in [-0.1, -0.05) is 35.5 Å². The van der Waals surface area contributed by atoms with E-state index in [4.69, 9.17) is 16.3 Å². The largest absolute Gasteiger partial charge is 0.383 e. The second kappa shape index (κ2) is 7.95. The molecule has 0 aliphatic heterocycles. The highest BCUT2D eigenvalue weighted by atomic mass is 35.5. The number of aromatic nitrogens is 1. The maximum absolute atomic E-state index is 12.6. The van der Waals surface area contributed by atoms with E-state index in [1.54, 1.807) is 18.9 Å². The molecule has 1 aromatic heterocycles. The normalized spacial score (nSPS) is 11.0. The van der Waals surface area contributed by atoms with Gasteiger partial charge in [-0.3, -0.25) is 4.79 Å². The molecule has 0 bridgehead atoms. The summed E-state index contributed by atoms with van der Waals surface area (Å²) in [7, 11) is 1.61. The molecule has 3 rings (SSSR count). The predicted molar refractivity (Wildman–Crippen MR) is 103 cm³/mol. The van der Waals surface area contributed by atoms with Gasteiger partial charge in [0.25, 0.3) is 5.91 Å². The Bertz CT molecular complexity index is 890. The Kier molecular flexibility index (Phi) is 5.68. The first-order valence-corrected chi connectivity index (χ1v) is 9.11. The van der Waals surface area contributed by atoms with E-state index in [0.29, 0.717) is 23.9 Å². The summed E-state index contributed by atoms with van der Waals surface area (Å²) >= 11 is 7.52. The van der Waals surface area contributed by atoms with Gasteiger partial charge < -0.3 is 15.0 Å². The van der Waals surface area contributed by atoms with E-state index in [-0.39, 0.29) is 5.91 Å². The lowest BCUT2D eigenvalue weighted by Crippen LogP contribution is -2.27. The molecule has 0 saturated heterocycles. The molecule has 0 spiro atoms. The van der Waals surface area contributed by atoms with E-state index in [0.717, 1.165) is 26.3 Å². The second-order valence-electron chi connectivity index (χ2n) is 5.68. The third kappa shape index (κ3) is 4.18. The number of fused-ring (bicyclic) bond motifs is 1. The molecule has 0 fully saturated rings. The first kappa shape index (κ1) is 17.9. The number of carbonyl (C=O) groups is 1. The minimum absolute atomic E-state index is 0.137. The van der Waals surface area contributed by atoms with Crippen LogP contribution in [0.25, 0.3) is 10.9 Å². The molecular formula is C19H19ClN2O2S. The van der Waals surface area contributed by atoms with Gasteiger partial charge in [0.1, 0.15) is 5.69 Å². The number of aryl methyl sites for hydroxylation is 1. The summed E-state index contributed by atoms with van der Waals surface area (Å²) in [6.45, 7) is 2.98. The molecule has 0 atom stereocenters. The first-order valence-electron chi connectivity index (χ1n) is 7.91. The van der Waals surface area contributed by atoms with Crippen molar-refractivity contribution in [1.29, 1.82) is 0 Å². The zero-order valence-electron chi connectivity index (χ0n) is 14.1. The summed E-state index contributed by atoms with van der Waals surface area (Å²) in [4.78, 5) is 17.8. The molecular weight excluding hydrogens is 356 g/mol. The number of H-pyrrole nitrogens is 1. The van der Waals surface area contributed by atoms with E-state index in [1.165, 1.54) is 0 Å². The van der Waals surface area contributed by atoms with E-state index < -0.39 is 0 Å². The molecule has 0 radical (unpaired) electrons. The van der Waals surface area contributed by atoms with Gasteiger partial charge in [0.15, 0.2) is 0 Å². The van der Waals surface area contributed by atoms with Crippen molar-refractivity contribution in [3.63, 3.8) is 0 Å². The lowest BCUT2D eigenvalue weighted by atomic mass is 10.2. The minimum Gasteiger partial charge on any atom is -0.383 e. The van der Waals surface area contributed by atoms with Crippen molar-refractivity contribution in [1.82, 2.24) is 10.3 Å². The number of hydrogen-bond donors (Lipinski definition) is 2. The Morgan fingerprint density at radius 2 is 2.00 bits per heavy atom. The van der Waals surface area contributed by atoms with Gasteiger partial charge in [0.05, 0.1) is 11.5 Å². The highest BCUT2D eigenvalue weighted by Crippen LogP contribution is 2.37. The molecule has 130 valence electrons. The van der Waals surface area contributed by atoms with Crippen molar-refractivity contribution in [2.75, 3.05) is 20.3 Å². The van der Waals surface area contributed by atoms with Crippen molar-refractivity contribution < 1.29 is 9.53 Å². The number of ether oxygens (including phenoxy) is 1. The van der Waals surface area contributed by atoms with Crippen LogP contribution in [0.5, 0.6) is 0 Å². The fraction of sp³-hybridized carbons (Fsp3) is 0.211. The molecule has 1 heterocycles. The molecule has 1 amide bonds. The summed E-state index contributed by atoms with van der Waals surface area (Å²) in [5.41, 5.74) is 2.66. The molecule has 6 heteroatoms. The Labute approximate surface area is 155 Å². The molecule has 0 saturated carbocycles. The number of aromatic amines is 1. The van der Waals surface area contributed by atoms with Gasteiger partial charge >= 0.3 is 0 Å². The smallest absolute Gasteiger partial charge is 0.268 e. The summed E-state index contributed by atoms with van der Waals surface area (Å²) in [6.07, 6.45) is 0. The number of methoxy groups -OCH3 is 1. The number of halogens is 1. The van der Waals surface area contributed by atoms with Crippen LogP contribution in [0.1, 0.15) is 16.1 Å². The Balaban J connectivity index is 1.99. The zero-order valence-corrected chi connectivity index (χ0v) is 15.6. The Hall–Kier alpha value is -1.95. The molecule has 25 heavy (non-hydrogen) atoms. The van der Waals surface area contributed by atoms with E-state index >= 15 is 0 Å². The van der Waals surface area contributed by atoms with Crippen molar-refractivity contribution >= 4 is 40.2 Å². The van der Waals surface area contributed by atoms with Crippen LogP contribution in [0.3, 0.4) is 0 Å². The van der Waals surface area contributed by atoms with Crippen LogP contribution >= 0.6 is 23.4 Å². The van der Waals surface area contributed by atoms with Crippen LogP contribution in [-0.4, -0.2) is 31.2 Å². The average molecular weight is 375 g/mol. The third-order valence-electron chi connectivity index (χ3n) is 3.76. The quantitative estimate of drug-likeness (QED) is 0.617. The number of rotatable bonds is 6. The van der Waals surface area contributed by atoms with E-state index in [9.17, 15) is 4.79 Å². The molecule has 3 aromatic rings. The fourth-order valence-corrected chi connectivity index (χ4v) is 3.69. The molecule has 4 nitrogen and oxygen atoms in total. The van der Waals surface area contributed by atoms with Crippen LogP contribution in [0.2, 0.25) is 5.02 Å². The Morgan fingerprint density at radius 1 is 1.24 bits per heavy atom. The number of hydrogen-bond acceptors (Lipinski definition) is 3. The van der Waals surface area contributed by atoms with Crippen LogP contribution in [0.4, 0.5) is 0 Å².